The van der Waals surface area contributed by atoms with Crippen LogP contribution in [0, 0.1) is 5.82 Å². The van der Waals surface area contributed by atoms with Crippen LogP contribution >= 0.6 is 15.9 Å². The van der Waals surface area contributed by atoms with Crippen molar-refractivity contribution in [2.45, 2.75) is 17.7 Å². The Labute approximate surface area is 110 Å². The van der Waals surface area contributed by atoms with Crippen LogP contribution in [0.1, 0.15) is 22.4 Å². The van der Waals surface area contributed by atoms with E-state index in [0.29, 0.717) is 4.83 Å². The first-order valence-corrected chi connectivity index (χ1v) is 6.61. The van der Waals surface area contributed by atoms with Crippen LogP contribution in [0.3, 0.4) is 0 Å². The Morgan fingerprint density at radius 3 is 2.47 bits per heavy atom. The molecular weight excluding hydrogens is 279 g/mol. The molecule has 0 N–H and O–H groups in total. The molecule has 2 heteroatoms. The lowest BCUT2D eigenvalue weighted by molar-refractivity contribution is 0.624. The average molecular weight is 293 g/mol. The second kappa shape index (κ2) is 5.97. The molecule has 0 heterocycles. The molecule has 0 aliphatic carbocycles. The number of halogens is 2. The Morgan fingerprint density at radius 1 is 1.00 bits per heavy atom. The molecule has 0 amide bonds. The molecule has 0 saturated heterocycles. The van der Waals surface area contributed by atoms with Gasteiger partial charge in [0.1, 0.15) is 5.82 Å². The van der Waals surface area contributed by atoms with Crippen LogP contribution in [0.4, 0.5) is 4.39 Å². The number of alkyl halides is 1. The smallest absolute Gasteiger partial charge is 0.123 e. The van der Waals surface area contributed by atoms with E-state index in [1.807, 2.05) is 24.3 Å². The maximum absolute atomic E-state index is 13.0. The second-order valence-electron chi connectivity index (χ2n) is 4.05. The second-order valence-corrected chi connectivity index (χ2v) is 5.15. The van der Waals surface area contributed by atoms with Gasteiger partial charge in [0.05, 0.1) is 0 Å². The molecule has 2 aromatic rings. The Hall–Kier alpha value is -1.15. The fourth-order valence-electron chi connectivity index (χ4n) is 1.81. The Balaban J connectivity index is 1.95. The van der Waals surface area contributed by atoms with Crippen LogP contribution in [0.2, 0.25) is 0 Å². The van der Waals surface area contributed by atoms with Gasteiger partial charge >= 0.3 is 0 Å². The van der Waals surface area contributed by atoms with Crippen molar-refractivity contribution in [3.63, 3.8) is 0 Å². The zero-order valence-electron chi connectivity index (χ0n) is 9.44. The maximum Gasteiger partial charge on any atom is 0.123 e. The summed E-state index contributed by atoms with van der Waals surface area (Å²) in [4.78, 5) is 0.326. The van der Waals surface area contributed by atoms with Crippen molar-refractivity contribution in [2.75, 3.05) is 0 Å². The predicted octanol–water partition coefficient (Wildman–Crippen LogP) is 4.89. The van der Waals surface area contributed by atoms with Gasteiger partial charge in [-0.25, -0.2) is 4.39 Å². The van der Waals surface area contributed by atoms with Crippen molar-refractivity contribution < 1.29 is 4.39 Å². The molecule has 17 heavy (non-hydrogen) atoms. The normalized spacial score (nSPS) is 12.4. The van der Waals surface area contributed by atoms with Gasteiger partial charge in [0.2, 0.25) is 0 Å². The Morgan fingerprint density at radius 2 is 1.76 bits per heavy atom. The molecule has 2 aromatic carbocycles. The number of aryl methyl sites for hydroxylation is 1. The third kappa shape index (κ3) is 3.67. The van der Waals surface area contributed by atoms with E-state index in [1.54, 1.807) is 12.1 Å². The number of rotatable bonds is 4. The molecule has 0 aromatic heterocycles. The van der Waals surface area contributed by atoms with E-state index in [4.69, 9.17) is 0 Å². The minimum absolute atomic E-state index is 0.159. The van der Waals surface area contributed by atoms with Gasteiger partial charge in [-0.1, -0.05) is 58.4 Å². The first-order valence-electron chi connectivity index (χ1n) is 5.69. The van der Waals surface area contributed by atoms with Gasteiger partial charge in [-0.3, -0.25) is 0 Å². The maximum atomic E-state index is 13.0. The van der Waals surface area contributed by atoms with Gasteiger partial charge in [0, 0.05) is 4.83 Å². The van der Waals surface area contributed by atoms with Gasteiger partial charge in [0.15, 0.2) is 0 Å². The molecule has 88 valence electrons. The minimum Gasteiger partial charge on any atom is -0.207 e. The zero-order valence-corrected chi connectivity index (χ0v) is 11.0. The van der Waals surface area contributed by atoms with Crippen LogP contribution < -0.4 is 0 Å². The first kappa shape index (κ1) is 12.3. The predicted molar refractivity (Wildman–Crippen MR) is 72.8 cm³/mol. The molecule has 0 aliphatic rings. The van der Waals surface area contributed by atoms with Crippen molar-refractivity contribution >= 4 is 15.9 Å². The summed E-state index contributed by atoms with van der Waals surface area (Å²) in [5.41, 5.74) is 2.31. The molecule has 0 nitrogen and oxygen atoms in total. The topological polar surface area (TPSA) is 0 Å². The quantitative estimate of drug-likeness (QED) is 0.704. The van der Waals surface area contributed by atoms with E-state index < -0.39 is 0 Å². The summed E-state index contributed by atoms with van der Waals surface area (Å²) < 4.78 is 13.0. The van der Waals surface area contributed by atoms with E-state index in [-0.39, 0.29) is 5.82 Å². The SMILES string of the molecule is Fc1cccc(CCC(Br)c2ccccc2)c1. The third-order valence-corrected chi connectivity index (χ3v) is 3.72. The van der Waals surface area contributed by atoms with E-state index in [1.165, 1.54) is 11.6 Å². The summed E-state index contributed by atoms with van der Waals surface area (Å²) in [6.07, 6.45) is 1.84. The third-order valence-electron chi connectivity index (χ3n) is 2.74. The highest BCUT2D eigenvalue weighted by molar-refractivity contribution is 9.09. The Kier molecular flexibility index (Phi) is 4.32. The van der Waals surface area contributed by atoms with Crippen LogP contribution in [0.25, 0.3) is 0 Å². The highest BCUT2D eigenvalue weighted by Gasteiger charge is 2.07. The summed E-state index contributed by atoms with van der Waals surface area (Å²) in [6.45, 7) is 0. The van der Waals surface area contributed by atoms with Crippen molar-refractivity contribution in [1.29, 1.82) is 0 Å². The number of hydrogen-bond donors (Lipinski definition) is 0. The highest BCUT2D eigenvalue weighted by Crippen LogP contribution is 2.27. The molecule has 0 radical (unpaired) electrons. The van der Waals surface area contributed by atoms with Gasteiger partial charge in [-0.15, -0.1) is 0 Å². The zero-order chi connectivity index (χ0) is 12.1. The largest absolute Gasteiger partial charge is 0.207 e. The summed E-state index contributed by atoms with van der Waals surface area (Å²) in [6, 6.07) is 17.1. The lowest BCUT2D eigenvalue weighted by Gasteiger charge is -2.09. The van der Waals surface area contributed by atoms with Crippen LogP contribution in [-0.2, 0) is 6.42 Å². The summed E-state index contributed by atoms with van der Waals surface area (Å²) in [5, 5.41) is 0. The molecular formula is C15H14BrF. The van der Waals surface area contributed by atoms with Gasteiger partial charge in [0.25, 0.3) is 0 Å². The van der Waals surface area contributed by atoms with Crippen molar-refractivity contribution in [3.05, 3.63) is 71.5 Å². The monoisotopic (exact) mass is 292 g/mol. The van der Waals surface area contributed by atoms with Gasteiger partial charge in [-0.05, 0) is 36.1 Å². The highest BCUT2D eigenvalue weighted by atomic mass is 79.9. The standard InChI is InChI=1S/C15H14BrF/c16-15(13-6-2-1-3-7-13)10-9-12-5-4-8-14(17)11-12/h1-8,11,15H,9-10H2. The van der Waals surface area contributed by atoms with Crippen LogP contribution in [-0.4, -0.2) is 0 Å². The van der Waals surface area contributed by atoms with Crippen molar-refractivity contribution in [3.8, 4) is 0 Å². The van der Waals surface area contributed by atoms with Gasteiger partial charge < -0.3 is 0 Å². The van der Waals surface area contributed by atoms with E-state index >= 15 is 0 Å². The molecule has 0 saturated carbocycles. The summed E-state index contributed by atoms with van der Waals surface area (Å²) >= 11 is 3.67. The fraction of sp³-hybridized carbons (Fsp3) is 0.200. The average Bonchev–Trinajstić information content (AvgIpc) is 2.37. The van der Waals surface area contributed by atoms with Crippen LogP contribution in [0.5, 0.6) is 0 Å². The Bertz CT molecular complexity index is 467. The molecule has 2 rings (SSSR count). The molecule has 0 bridgehead atoms. The molecule has 0 aliphatic heterocycles. The van der Waals surface area contributed by atoms with Crippen LogP contribution in [0.15, 0.2) is 54.6 Å². The molecule has 1 unspecified atom stereocenters. The summed E-state index contributed by atoms with van der Waals surface area (Å²) in [5.74, 6) is -0.159. The fourth-order valence-corrected chi connectivity index (χ4v) is 2.35. The van der Waals surface area contributed by atoms with Gasteiger partial charge in [-0.2, -0.15) is 0 Å². The number of hydrogen-bond acceptors (Lipinski definition) is 0. The van der Waals surface area contributed by atoms with Crippen molar-refractivity contribution in [2.24, 2.45) is 0 Å². The molecule has 0 spiro atoms. The van der Waals surface area contributed by atoms with E-state index in [9.17, 15) is 4.39 Å². The van der Waals surface area contributed by atoms with Crippen molar-refractivity contribution in [1.82, 2.24) is 0 Å². The van der Waals surface area contributed by atoms with E-state index in [0.717, 1.165) is 18.4 Å². The summed E-state index contributed by atoms with van der Waals surface area (Å²) in [7, 11) is 0. The number of benzene rings is 2. The lowest BCUT2D eigenvalue weighted by atomic mass is 10.0. The van der Waals surface area contributed by atoms with E-state index in [2.05, 4.69) is 28.1 Å². The lowest BCUT2D eigenvalue weighted by Crippen LogP contribution is -1.93. The molecule has 1 atom stereocenters. The first-order chi connectivity index (χ1) is 8.25. The molecule has 0 fully saturated rings. The minimum atomic E-state index is -0.159.